The summed E-state index contributed by atoms with van der Waals surface area (Å²) in [7, 11) is 0. The van der Waals surface area contributed by atoms with Crippen LogP contribution in [0.1, 0.15) is 26.7 Å². The molecule has 0 heterocycles. The quantitative estimate of drug-likeness (QED) is 0.511. The second-order valence-corrected chi connectivity index (χ2v) is 6.26. The number of nitrogens with one attached hydrogen (secondary N) is 1. The molecule has 0 radical (unpaired) electrons. The summed E-state index contributed by atoms with van der Waals surface area (Å²) >= 11 is 1.71. The third-order valence-electron chi connectivity index (χ3n) is 2.99. The number of aliphatic hydroxyl groups is 1. The first kappa shape index (κ1) is 17.3. The number of thioether (sulfide) groups is 1. The van der Waals surface area contributed by atoms with Gasteiger partial charge < -0.3 is 15.2 Å². The molecule has 1 aromatic carbocycles. The van der Waals surface area contributed by atoms with Gasteiger partial charge in [0.25, 0.3) is 0 Å². The molecule has 4 heteroatoms. The number of anilines is 1. The van der Waals surface area contributed by atoms with Crippen molar-refractivity contribution in [3.63, 3.8) is 0 Å². The van der Waals surface area contributed by atoms with Gasteiger partial charge in [0, 0.05) is 23.7 Å². The Morgan fingerprint density at radius 1 is 1.35 bits per heavy atom. The van der Waals surface area contributed by atoms with Crippen molar-refractivity contribution in [1.29, 1.82) is 0 Å². The molecule has 0 fully saturated rings. The van der Waals surface area contributed by atoms with E-state index in [9.17, 15) is 5.11 Å². The molecule has 20 heavy (non-hydrogen) atoms. The molecule has 0 saturated heterocycles. The Morgan fingerprint density at radius 3 is 2.85 bits per heavy atom. The molecule has 1 rings (SSSR count). The Labute approximate surface area is 127 Å². The fourth-order valence-electron chi connectivity index (χ4n) is 1.84. The Balaban J connectivity index is 2.14. The van der Waals surface area contributed by atoms with Gasteiger partial charge in [0.1, 0.15) is 0 Å². The zero-order valence-corrected chi connectivity index (χ0v) is 13.6. The summed E-state index contributed by atoms with van der Waals surface area (Å²) in [4.78, 5) is 1.22. The van der Waals surface area contributed by atoms with Crippen molar-refractivity contribution in [2.75, 3.05) is 31.3 Å². The third kappa shape index (κ3) is 7.78. The van der Waals surface area contributed by atoms with Crippen LogP contribution >= 0.6 is 11.8 Å². The van der Waals surface area contributed by atoms with E-state index in [4.69, 9.17) is 4.74 Å². The highest BCUT2D eigenvalue weighted by atomic mass is 32.2. The SMILES string of the molecule is CSc1cccc(NCC(O)COCCCC(C)C)c1. The maximum atomic E-state index is 9.85. The highest BCUT2D eigenvalue weighted by molar-refractivity contribution is 7.98. The van der Waals surface area contributed by atoms with Gasteiger partial charge in [-0.2, -0.15) is 0 Å². The molecule has 0 saturated carbocycles. The van der Waals surface area contributed by atoms with Gasteiger partial charge in [0.15, 0.2) is 0 Å². The molecule has 0 aliphatic rings. The fourth-order valence-corrected chi connectivity index (χ4v) is 2.30. The summed E-state index contributed by atoms with van der Waals surface area (Å²) in [6, 6.07) is 8.18. The van der Waals surface area contributed by atoms with E-state index < -0.39 is 6.10 Å². The van der Waals surface area contributed by atoms with Crippen LogP contribution in [0.4, 0.5) is 5.69 Å². The second-order valence-electron chi connectivity index (χ2n) is 5.38. The predicted octanol–water partition coefficient (Wildman–Crippen LogP) is 3.63. The number of ether oxygens (including phenoxy) is 1. The lowest BCUT2D eigenvalue weighted by molar-refractivity contribution is 0.0409. The van der Waals surface area contributed by atoms with Crippen LogP contribution in [-0.4, -0.2) is 37.2 Å². The van der Waals surface area contributed by atoms with Gasteiger partial charge in [-0.15, -0.1) is 11.8 Å². The molecule has 0 aliphatic carbocycles. The number of hydrogen-bond acceptors (Lipinski definition) is 4. The largest absolute Gasteiger partial charge is 0.389 e. The van der Waals surface area contributed by atoms with Gasteiger partial charge >= 0.3 is 0 Å². The highest BCUT2D eigenvalue weighted by Crippen LogP contribution is 2.18. The minimum Gasteiger partial charge on any atom is -0.389 e. The van der Waals surface area contributed by atoms with Crippen LogP contribution in [0.15, 0.2) is 29.2 Å². The molecule has 0 bridgehead atoms. The minimum atomic E-state index is -0.466. The van der Waals surface area contributed by atoms with Crippen molar-refractivity contribution < 1.29 is 9.84 Å². The standard InChI is InChI=1S/C16H27NO2S/c1-13(2)6-5-9-19-12-15(18)11-17-14-7-4-8-16(10-14)20-3/h4,7-8,10,13,15,17-18H,5-6,9,11-12H2,1-3H3. The van der Waals surface area contributed by atoms with E-state index in [2.05, 4.69) is 37.6 Å². The summed E-state index contributed by atoms with van der Waals surface area (Å²) in [5.74, 6) is 0.717. The number of rotatable bonds is 10. The van der Waals surface area contributed by atoms with Crippen LogP contribution in [0, 0.1) is 5.92 Å². The second kappa shape index (κ2) is 10.1. The first-order valence-electron chi connectivity index (χ1n) is 7.25. The molecule has 0 spiro atoms. The van der Waals surface area contributed by atoms with Gasteiger partial charge in [-0.25, -0.2) is 0 Å². The molecule has 0 aromatic heterocycles. The van der Waals surface area contributed by atoms with Crippen molar-refractivity contribution in [2.45, 2.75) is 37.7 Å². The van der Waals surface area contributed by atoms with E-state index >= 15 is 0 Å². The van der Waals surface area contributed by atoms with Crippen molar-refractivity contribution in [3.05, 3.63) is 24.3 Å². The lowest BCUT2D eigenvalue weighted by atomic mass is 10.1. The average molecular weight is 297 g/mol. The number of hydrogen-bond donors (Lipinski definition) is 2. The van der Waals surface area contributed by atoms with E-state index in [0.29, 0.717) is 19.1 Å². The van der Waals surface area contributed by atoms with Gasteiger partial charge in [0.05, 0.1) is 12.7 Å². The number of benzene rings is 1. The highest BCUT2D eigenvalue weighted by Gasteiger charge is 2.04. The Bertz CT molecular complexity index is 371. The lowest BCUT2D eigenvalue weighted by Crippen LogP contribution is -2.25. The Kier molecular flexibility index (Phi) is 8.74. The van der Waals surface area contributed by atoms with E-state index in [1.165, 1.54) is 11.3 Å². The zero-order valence-electron chi connectivity index (χ0n) is 12.8. The Morgan fingerprint density at radius 2 is 2.15 bits per heavy atom. The van der Waals surface area contributed by atoms with E-state index in [1.807, 2.05) is 12.1 Å². The van der Waals surface area contributed by atoms with Crippen LogP contribution in [0.25, 0.3) is 0 Å². The van der Waals surface area contributed by atoms with Gasteiger partial charge in [0.2, 0.25) is 0 Å². The van der Waals surface area contributed by atoms with Gasteiger partial charge in [-0.3, -0.25) is 0 Å². The summed E-state index contributed by atoms with van der Waals surface area (Å²) < 4.78 is 5.49. The van der Waals surface area contributed by atoms with Crippen LogP contribution < -0.4 is 5.32 Å². The molecule has 114 valence electrons. The topological polar surface area (TPSA) is 41.5 Å². The lowest BCUT2D eigenvalue weighted by Gasteiger charge is -2.14. The smallest absolute Gasteiger partial charge is 0.0945 e. The molecule has 2 N–H and O–H groups in total. The van der Waals surface area contributed by atoms with Gasteiger partial charge in [-0.1, -0.05) is 19.9 Å². The number of aliphatic hydroxyl groups excluding tert-OH is 1. The van der Waals surface area contributed by atoms with Crippen LogP contribution in [0.2, 0.25) is 0 Å². The molecule has 0 amide bonds. The summed E-state index contributed by atoms with van der Waals surface area (Å²) in [6.45, 7) is 6.06. The van der Waals surface area contributed by atoms with E-state index in [-0.39, 0.29) is 0 Å². The molecular weight excluding hydrogens is 270 g/mol. The Hall–Kier alpha value is -0.710. The fraction of sp³-hybridized carbons (Fsp3) is 0.625. The van der Waals surface area contributed by atoms with Crippen LogP contribution in [0.3, 0.4) is 0 Å². The average Bonchev–Trinajstić information content (AvgIpc) is 2.44. The summed E-state index contributed by atoms with van der Waals surface area (Å²) in [5.41, 5.74) is 1.04. The normalized spacial score (nSPS) is 12.7. The minimum absolute atomic E-state index is 0.396. The monoisotopic (exact) mass is 297 g/mol. The van der Waals surface area contributed by atoms with Crippen LogP contribution in [0.5, 0.6) is 0 Å². The van der Waals surface area contributed by atoms with Gasteiger partial charge in [-0.05, 0) is 43.2 Å². The molecule has 0 aliphatic heterocycles. The molecule has 1 atom stereocenters. The third-order valence-corrected chi connectivity index (χ3v) is 3.72. The van der Waals surface area contributed by atoms with Crippen molar-refractivity contribution in [1.82, 2.24) is 0 Å². The van der Waals surface area contributed by atoms with Crippen molar-refractivity contribution in [2.24, 2.45) is 5.92 Å². The molecule has 3 nitrogen and oxygen atoms in total. The summed E-state index contributed by atoms with van der Waals surface area (Å²) in [6.07, 6.45) is 3.83. The maximum Gasteiger partial charge on any atom is 0.0945 e. The predicted molar refractivity (Wildman–Crippen MR) is 87.6 cm³/mol. The van der Waals surface area contributed by atoms with Crippen LogP contribution in [-0.2, 0) is 4.74 Å². The molecule has 1 unspecified atom stereocenters. The molecule has 1 aromatic rings. The zero-order chi connectivity index (χ0) is 14.8. The maximum absolute atomic E-state index is 9.85. The van der Waals surface area contributed by atoms with E-state index in [1.54, 1.807) is 11.8 Å². The van der Waals surface area contributed by atoms with E-state index in [0.717, 1.165) is 18.7 Å². The summed E-state index contributed by atoms with van der Waals surface area (Å²) in [5, 5.41) is 13.1. The van der Waals surface area contributed by atoms with Crippen molar-refractivity contribution >= 4 is 17.4 Å². The first-order chi connectivity index (χ1) is 9.61. The first-order valence-corrected chi connectivity index (χ1v) is 8.48. The van der Waals surface area contributed by atoms with Crippen molar-refractivity contribution in [3.8, 4) is 0 Å². The molecular formula is C16H27NO2S.